The summed E-state index contributed by atoms with van der Waals surface area (Å²) in [6.45, 7) is 4.33. The molecule has 0 saturated heterocycles. The zero-order valence-corrected chi connectivity index (χ0v) is 11.2. The smallest absolute Gasteiger partial charge is 0.373 e. The summed E-state index contributed by atoms with van der Waals surface area (Å²) in [5, 5.41) is 8.62. The molecule has 0 saturated carbocycles. The average Bonchev–Trinajstić information content (AvgIpc) is 3.05. The fourth-order valence-corrected chi connectivity index (χ4v) is 2.24. The lowest BCUT2D eigenvalue weighted by Gasteiger charge is -2.01. The van der Waals surface area contributed by atoms with E-state index in [4.69, 9.17) is 4.42 Å². The first-order valence-corrected chi connectivity index (χ1v) is 6.51. The van der Waals surface area contributed by atoms with E-state index in [1.54, 1.807) is 24.5 Å². The van der Waals surface area contributed by atoms with E-state index in [0.29, 0.717) is 18.1 Å². The number of furan rings is 1. The third-order valence-electron chi connectivity index (χ3n) is 2.30. The Bertz CT molecular complexity index is 576. The van der Waals surface area contributed by atoms with Gasteiger partial charge in [0.2, 0.25) is 5.76 Å². The van der Waals surface area contributed by atoms with Crippen LogP contribution in [0.25, 0.3) is 0 Å². The van der Waals surface area contributed by atoms with Crippen LogP contribution in [-0.2, 0) is 17.0 Å². The lowest BCUT2D eigenvalue weighted by atomic mass is 10.4. The van der Waals surface area contributed by atoms with Gasteiger partial charge in [-0.2, -0.15) is 0 Å². The van der Waals surface area contributed by atoms with Crippen molar-refractivity contribution in [2.75, 3.05) is 7.11 Å². The highest BCUT2D eigenvalue weighted by molar-refractivity contribution is 7.98. The number of carbonyl (C=O) groups is 1. The maximum Gasteiger partial charge on any atom is 0.373 e. The Balaban J connectivity index is 1.98. The quantitative estimate of drug-likeness (QED) is 0.458. The summed E-state index contributed by atoms with van der Waals surface area (Å²) in [4.78, 5) is 11.2. The van der Waals surface area contributed by atoms with Gasteiger partial charge in [-0.15, -0.1) is 16.8 Å². The van der Waals surface area contributed by atoms with Crippen LogP contribution >= 0.6 is 11.8 Å². The number of nitrogens with zero attached hydrogens (tertiary/aromatic N) is 3. The van der Waals surface area contributed by atoms with E-state index in [1.807, 2.05) is 4.57 Å². The minimum Gasteiger partial charge on any atom is -0.463 e. The number of methoxy groups -OCH3 is 1. The van der Waals surface area contributed by atoms with Gasteiger partial charge in [-0.3, -0.25) is 0 Å². The molecule has 0 unspecified atom stereocenters. The summed E-state index contributed by atoms with van der Waals surface area (Å²) in [6.07, 6.45) is 3.42. The largest absolute Gasteiger partial charge is 0.463 e. The Morgan fingerprint density at radius 3 is 3.21 bits per heavy atom. The van der Waals surface area contributed by atoms with Gasteiger partial charge in [-0.1, -0.05) is 17.8 Å². The molecule has 0 radical (unpaired) electrons. The summed E-state index contributed by atoms with van der Waals surface area (Å²) >= 11 is 1.48. The van der Waals surface area contributed by atoms with Crippen LogP contribution < -0.4 is 0 Å². The third kappa shape index (κ3) is 3.25. The molecule has 0 spiro atoms. The van der Waals surface area contributed by atoms with Crippen LogP contribution in [0.3, 0.4) is 0 Å². The predicted octanol–water partition coefficient (Wildman–Crippen LogP) is 2.14. The molecule has 0 bridgehead atoms. The van der Waals surface area contributed by atoms with Crippen molar-refractivity contribution in [3.8, 4) is 0 Å². The minimum absolute atomic E-state index is 0.200. The Hall–Kier alpha value is -2.02. The normalized spacial score (nSPS) is 10.4. The van der Waals surface area contributed by atoms with Gasteiger partial charge in [0.1, 0.15) is 12.1 Å². The van der Waals surface area contributed by atoms with Crippen molar-refractivity contribution in [1.29, 1.82) is 0 Å². The first kappa shape index (κ1) is 13.4. The summed E-state index contributed by atoms with van der Waals surface area (Å²) in [5.74, 6) is 0.961. The van der Waals surface area contributed by atoms with E-state index in [2.05, 4.69) is 21.5 Å². The number of ether oxygens (including phenoxy) is 1. The highest BCUT2D eigenvalue weighted by Crippen LogP contribution is 2.22. The van der Waals surface area contributed by atoms with E-state index in [-0.39, 0.29) is 5.76 Å². The molecule has 6 nitrogen and oxygen atoms in total. The molecular weight excluding hydrogens is 266 g/mol. The second-order valence-corrected chi connectivity index (χ2v) is 4.54. The van der Waals surface area contributed by atoms with Gasteiger partial charge in [0.05, 0.1) is 12.9 Å². The van der Waals surface area contributed by atoms with Gasteiger partial charge in [0.15, 0.2) is 5.16 Å². The van der Waals surface area contributed by atoms with Crippen molar-refractivity contribution in [2.24, 2.45) is 0 Å². The number of hydrogen-bond donors (Lipinski definition) is 0. The molecule has 0 N–H and O–H groups in total. The van der Waals surface area contributed by atoms with Crippen molar-refractivity contribution in [2.45, 2.75) is 17.5 Å². The van der Waals surface area contributed by atoms with Crippen LogP contribution in [0, 0.1) is 0 Å². The molecule has 0 fully saturated rings. The standard InChI is InChI=1S/C12H13N3O3S/c1-3-6-15-8-13-14-12(15)19-7-9-4-5-10(18-9)11(16)17-2/h3-5,8H,1,6-7H2,2H3. The Morgan fingerprint density at radius 1 is 1.63 bits per heavy atom. The summed E-state index contributed by atoms with van der Waals surface area (Å²) in [6, 6.07) is 3.34. The van der Waals surface area contributed by atoms with Crippen LogP contribution in [0.5, 0.6) is 0 Å². The van der Waals surface area contributed by atoms with Crippen LogP contribution in [0.4, 0.5) is 0 Å². The molecule has 7 heteroatoms. The fraction of sp³-hybridized carbons (Fsp3) is 0.250. The van der Waals surface area contributed by atoms with E-state index < -0.39 is 5.97 Å². The van der Waals surface area contributed by atoms with E-state index in [1.165, 1.54) is 18.9 Å². The SMILES string of the molecule is C=CCn1cnnc1SCc1ccc(C(=O)OC)o1. The molecule has 2 aromatic heterocycles. The molecule has 0 aliphatic carbocycles. The number of esters is 1. The number of thioether (sulfide) groups is 1. The van der Waals surface area contributed by atoms with Crippen LogP contribution in [0.2, 0.25) is 0 Å². The Labute approximate surface area is 114 Å². The highest BCUT2D eigenvalue weighted by Gasteiger charge is 2.12. The van der Waals surface area contributed by atoms with Gasteiger partial charge >= 0.3 is 5.97 Å². The van der Waals surface area contributed by atoms with Crippen molar-refractivity contribution < 1.29 is 13.9 Å². The number of aromatic nitrogens is 3. The molecule has 0 atom stereocenters. The van der Waals surface area contributed by atoms with Gasteiger partial charge in [-0.25, -0.2) is 4.79 Å². The third-order valence-corrected chi connectivity index (χ3v) is 3.30. The number of allylic oxidation sites excluding steroid dienone is 1. The summed E-state index contributed by atoms with van der Waals surface area (Å²) in [5.41, 5.74) is 0. The van der Waals surface area contributed by atoms with Gasteiger partial charge in [0.25, 0.3) is 0 Å². The number of hydrogen-bond acceptors (Lipinski definition) is 6. The van der Waals surface area contributed by atoms with Crippen molar-refractivity contribution in [1.82, 2.24) is 14.8 Å². The van der Waals surface area contributed by atoms with Crippen molar-refractivity contribution in [3.63, 3.8) is 0 Å². The summed E-state index contributed by atoms with van der Waals surface area (Å²) < 4.78 is 11.8. The average molecular weight is 279 g/mol. The maximum absolute atomic E-state index is 11.2. The second-order valence-electron chi connectivity index (χ2n) is 3.60. The number of rotatable bonds is 6. The maximum atomic E-state index is 11.2. The van der Waals surface area contributed by atoms with E-state index >= 15 is 0 Å². The highest BCUT2D eigenvalue weighted by atomic mass is 32.2. The van der Waals surface area contributed by atoms with Crippen molar-refractivity contribution >= 4 is 17.7 Å². The zero-order chi connectivity index (χ0) is 13.7. The first-order valence-electron chi connectivity index (χ1n) is 5.53. The molecule has 2 heterocycles. The molecule has 100 valence electrons. The van der Waals surface area contributed by atoms with Crippen molar-refractivity contribution in [3.05, 3.63) is 42.6 Å². The molecule has 19 heavy (non-hydrogen) atoms. The van der Waals surface area contributed by atoms with Gasteiger partial charge < -0.3 is 13.7 Å². The lowest BCUT2D eigenvalue weighted by Crippen LogP contribution is -1.98. The number of carbonyl (C=O) groups excluding carboxylic acids is 1. The fourth-order valence-electron chi connectivity index (χ4n) is 1.42. The molecule has 2 aromatic rings. The lowest BCUT2D eigenvalue weighted by molar-refractivity contribution is 0.0563. The minimum atomic E-state index is -0.480. The topological polar surface area (TPSA) is 70.2 Å². The monoisotopic (exact) mass is 279 g/mol. The van der Waals surface area contributed by atoms with Crippen LogP contribution in [0.1, 0.15) is 16.3 Å². The molecule has 0 aliphatic heterocycles. The van der Waals surface area contributed by atoms with Gasteiger partial charge in [-0.05, 0) is 12.1 Å². The van der Waals surface area contributed by atoms with Crippen LogP contribution in [0.15, 0.2) is 40.7 Å². The molecule has 0 amide bonds. The summed E-state index contributed by atoms with van der Waals surface area (Å²) in [7, 11) is 1.32. The van der Waals surface area contributed by atoms with Gasteiger partial charge in [0, 0.05) is 6.54 Å². The zero-order valence-electron chi connectivity index (χ0n) is 10.4. The Morgan fingerprint density at radius 2 is 2.47 bits per heavy atom. The molecular formula is C12H13N3O3S. The Kier molecular flexibility index (Phi) is 4.40. The molecule has 2 rings (SSSR count). The van der Waals surface area contributed by atoms with E-state index in [0.717, 1.165) is 5.16 Å². The van der Waals surface area contributed by atoms with Crippen LogP contribution in [-0.4, -0.2) is 27.8 Å². The van der Waals surface area contributed by atoms with E-state index in [9.17, 15) is 4.79 Å². The first-order chi connectivity index (χ1) is 9.24. The molecule has 0 aromatic carbocycles. The second kappa shape index (κ2) is 6.24. The predicted molar refractivity (Wildman–Crippen MR) is 69.8 cm³/mol. The molecule has 0 aliphatic rings.